The molecular formula is C18H23N3O. The molecule has 2 aromatic rings. The van der Waals surface area contributed by atoms with Crippen LogP contribution in [-0.4, -0.2) is 44.2 Å². The van der Waals surface area contributed by atoms with Crippen molar-refractivity contribution in [1.29, 1.82) is 0 Å². The minimum Gasteiger partial charge on any atom is -0.492 e. The number of rotatable bonds is 5. The van der Waals surface area contributed by atoms with Crippen molar-refractivity contribution >= 4 is 11.4 Å². The van der Waals surface area contributed by atoms with E-state index in [1.165, 1.54) is 5.69 Å². The molecule has 116 valence electrons. The van der Waals surface area contributed by atoms with Crippen molar-refractivity contribution in [3.8, 4) is 5.75 Å². The molecule has 1 heterocycles. The van der Waals surface area contributed by atoms with Gasteiger partial charge in [0.2, 0.25) is 0 Å². The van der Waals surface area contributed by atoms with E-state index in [0.29, 0.717) is 0 Å². The molecule has 0 spiro atoms. The van der Waals surface area contributed by atoms with Crippen LogP contribution in [0.3, 0.4) is 0 Å². The molecule has 1 fully saturated rings. The van der Waals surface area contributed by atoms with E-state index in [9.17, 15) is 0 Å². The topological polar surface area (TPSA) is 41.7 Å². The number of hydrogen-bond acceptors (Lipinski definition) is 4. The molecule has 0 aromatic heterocycles. The van der Waals surface area contributed by atoms with Gasteiger partial charge in [-0.1, -0.05) is 18.2 Å². The number of nitrogen functional groups attached to an aromatic ring is 1. The molecule has 3 rings (SSSR count). The third kappa shape index (κ3) is 3.92. The van der Waals surface area contributed by atoms with Crippen LogP contribution in [0.1, 0.15) is 0 Å². The molecule has 1 aliphatic rings. The quantitative estimate of drug-likeness (QED) is 0.861. The van der Waals surface area contributed by atoms with Gasteiger partial charge in [-0.2, -0.15) is 0 Å². The van der Waals surface area contributed by atoms with Gasteiger partial charge in [-0.25, -0.2) is 0 Å². The third-order valence-corrected chi connectivity index (χ3v) is 4.05. The zero-order valence-electron chi connectivity index (χ0n) is 12.8. The lowest BCUT2D eigenvalue weighted by Gasteiger charge is -2.36. The standard InChI is InChI=1S/C18H23N3O/c19-16-6-8-17(9-7-16)21-12-10-20(11-13-21)14-15-22-18-4-2-1-3-5-18/h1-9H,10-15,19H2. The van der Waals surface area contributed by atoms with Gasteiger partial charge in [0.15, 0.2) is 0 Å². The average molecular weight is 297 g/mol. The van der Waals surface area contributed by atoms with Crippen LogP contribution in [0.15, 0.2) is 54.6 Å². The second-order valence-corrected chi connectivity index (χ2v) is 5.58. The molecule has 0 bridgehead atoms. The lowest BCUT2D eigenvalue weighted by molar-refractivity contribution is 0.200. The van der Waals surface area contributed by atoms with Crippen LogP contribution in [0.5, 0.6) is 5.75 Å². The van der Waals surface area contributed by atoms with E-state index in [1.807, 2.05) is 42.5 Å². The van der Waals surface area contributed by atoms with Crippen molar-refractivity contribution in [1.82, 2.24) is 4.90 Å². The Morgan fingerprint density at radius 3 is 2.23 bits per heavy atom. The molecule has 4 nitrogen and oxygen atoms in total. The van der Waals surface area contributed by atoms with Crippen LogP contribution in [0.2, 0.25) is 0 Å². The lowest BCUT2D eigenvalue weighted by atomic mass is 10.2. The van der Waals surface area contributed by atoms with Gasteiger partial charge in [-0.15, -0.1) is 0 Å². The minimum atomic E-state index is 0.742. The first-order chi connectivity index (χ1) is 10.8. The summed E-state index contributed by atoms with van der Waals surface area (Å²) in [4.78, 5) is 4.87. The second-order valence-electron chi connectivity index (χ2n) is 5.58. The molecule has 0 saturated carbocycles. The zero-order chi connectivity index (χ0) is 15.2. The predicted molar refractivity (Wildman–Crippen MR) is 91.4 cm³/mol. The zero-order valence-corrected chi connectivity index (χ0v) is 12.8. The molecule has 2 N–H and O–H groups in total. The van der Waals surface area contributed by atoms with E-state index in [1.54, 1.807) is 0 Å². The Labute approximate surface area is 132 Å². The Morgan fingerprint density at radius 2 is 1.55 bits per heavy atom. The summed E-state index contributed by atoms with van der Waals surface area (Å²) in [5.41, 5.74) is 7.82. The monoisotopic (exact) mass is 297 g/mol. The molecule has 0 radical (unpaired) electrons. The number of hydrogen-bond donors (Lipinski definition) is 1. The van der Waals surface area contributed by atoms with Crippen molar-refractivity contribution in [3.63, 3.8) is 0 Å². The number of anilines is 2. The first kappa shape index (κ1) is 14.7. The van der Waals surface area contributed by atoms with Crippen molar-refractivity contribution < 1.29 is 4.74 Å². The fraction of sp³-hybridized carbons (Fsp3) is 0.333. The van der Waals surface area contributed by atoms with Crippen molar-refractivity contribution in [2.45, 2.75) is 0 Å². The molecule has 0 unspecified atom stereocenters. The van der Waals surface area contributed by atoms with Crippen LogP contribution >= 0.6 is 0 Å². The SMILES string of the molecule is Nc1ccc(N2CCN(CCOc3ccccc3)CC2)cc1. The molecule has 4 heteroatoms. The first-order valence-electron chi connectivity index (χ1n) is 7.82. The summed E-state index contributed by atoms with van der Waals surface area (Å²) in [6.45, 7) is 5.96. The first-order valence-corrected chi connectivity index (χ1v) is 7.82. The number of para-hydroxylation sites is 1. The Hall–Kier alpha value is -2.20. The number of ether oxygens (including phenoxy) is 1. The molecule has 22 heavy (non-hydrogen) atoms. The lowest BCUT2D eigenvalue weighted by Crippen LogP contribution is -2.47. The van der Waals surface area contributed by atoms with Crippen LogP contribution in [0, 0.1) is 0 Å². The maximum Gasteiger partial charge on any atom is 0.119 e. The molecule has 2 aromatic carbocycles. The van der Waals surface area contributed by atoms with E-state index in [0.717, 1.165) is 50.8 Å². The summed E-state index contributed by atoms with van der Waals surface area (Å²) in [5, 5.41) is 0. The highest BCUT2D eigenvalue weighted by Gasteiger charge is 2.16. The highest BCUT2D eigenvalue weighted by atomic mass is 16.5. The Kier molecular flexibility index (Phi) is 4.81. The van der Waals surface area contributed by atoms with Crippen LogP contribution in [0.4, 0.5) is 11.4 Å². The summed E-state index contributed by atoms with van der Waals surface area (Å²) in [7, 11) is 0. The predicted octanol–water partition coefficient (Wildman–Crippen LogP) is 2.47. The highest BCUT2D eigenvalue weighted by molar-refractivity contribution is 5.53. The van der Waals surface area contributed by atoms with Crippen molar-refractivity contribution in [2.75, 3.05) is 50.0 Å². The third-order valence-electron chi connectivity index (χ3n) is 4.05. The molecule has 0 aliphatic carbocycles. The van der Waals surface area contributed by atoms with Crippen LogP contribution < -0.4 is 15.4 Å². The number of nitrogens with zero attached hydrogens (tertiary/aromatic N) is 2. The molecule has 0 amide bonds. The average Bonchev–Trinajstić information content (AvgIpc) is 2.57. The van der Waals surface area contributed by atoms with E-state index in [4.69, 9.17) is 10.5 Å². The smallest absolute Gasteiger partial charge is 0.119 e. The van der Waals surface area contributed by atoms with E-state index < -0.39 is 0 Å². The van der Waals surface area contributed by atoms with Gasteiger partial charge < -0.3 is 15.4 Å². The van der Waals surface area contributed by atoms with E-state index in [-0.39, 0.29) is 0 Å². The second kappa shape index (κ2) is 7.18. The van der Waals surface area contributed by atoms with Crippen molar-refractivity contribution in [2.24, 2.45) is 0 Å². The largest absolute Gasteiger partial charge is 0.492 e. The molecular weight excluding hydrogens is 274 g/mol. The van der Waals surface area contributed by atoms with E-state index in [2.05, 4.69) is 21.9 Å². The summed E-state index contributed by atoms with van der Waals surface area (Å²) < 4.78 is 5.76. The Morgan fingerprint density at radius 1 is 0.864 bits per heavy atom. The fourth-order valence-electron chi connectivity index (χ4n) is 2.72. The van der Waals surface area contributed by atoms with Gasteiger partial charge in [-0.3, -0.25) is 4.90 Å². The summed E-state index contributed by atoms with van der Waals surface area (Å²) in [5.74, 6) is 0.947. The van der Waals surface area contributed by atoms with Gasteiger partial charge in [0.1, 0.15) is 12.4 Å². The maximum atomic E-state index is 5.76. The highest BCUT2D eigenvalue weighted by Crippen LogP contribution is 2.18. The van der Waals surface area contributed by atoms with Crippen LogP contribution in [-0.2, 0) is 0 Å². The number of piperazine rings is 1. The summed E-state index contributed by atoms with van der Waals surface area (Å²) in [6, 6.07) is 18.1. The van der Waals surface area contributed by atoms with Crippen LogP contribution in [0.25, 0.3) is 0 Å². The Bertz CT molecular complexity index is 563. The fourth-order valence-corrected chi connectivity index (χ4v) is 2.72. The van der Waals surface area contributed by atoms with Gasteiger partial charge >= 0.3 is 0 Å². The van der Waals surface area contributed by atoms with Gasteiger partial charge in [0.05, 0.1) is 0 Å². The Balaban J connectivity index is 1.41. The molecule has 1 saturated heterocycles. The normalized spacial score (nSPS) is 15.7. The van der Waals surface area contributed by atoms with Gasteiger partial charge in [0.25, 0.3) is 0 Å². The van der Waals surface area contributed by atoms with E-state index >= 15 is 0 Å². The van der Waals surface area contributed by atoms with Crippen molar-refractivity contribution in [3.05, 3.63) is 54.6 Å². The van der Waals surface area contributed by atoms with Gasteiger partial charge in [0, 0.05) is 44.1 Å². The number of nitrogens with two attached hydrogens (primary N) is 1. The maximum absolute atomic E-state index is 5.76. The molecule has 0 atom stereocenters. The molecule has 1 aliphatic heterocycles. The van der Waals surface area contributed by atoms with Gasteiger partial charge in [-0.05, 0) is 36.4 Å². The summed E-state index contributed by atoms with van der Waals surface area (Å²) >= 11 is 0. The minimum absolute atomic E-state index is 0.742. The number of benzene rings is 2. The summed E-state index contributed by atoms with van der Waals surface area (Å²) in [6.07, 6.45) is 0.